The molecule has 0 spiro atoms. The molecule has 6 heteroatoms. The second kappa shape index (κ2) is 8.16. The Morgan fingerprint density at radius 1 is 1.09 bits per heavy atom. The highest BCUT2D eigenvalue weighted by atomic mass is 35.5. The Morgan fingerprint density at radius 3 is 2.59 bits per heavy atom. The van der Waals surface area contributed by atoms with Crippen LogP contribution >= 0.6 is 12.4 Å². The predicted molar refractivity (Wildman–Crippen MR) is 87.9 cm³/mol. The third kappa shape index (κ3) is 4.59. The van der Waals surface area contributed by atoms with E-state index in [1.807, 2.05) is 4.90 Å². The van der Waals surface area contributed by atoms with Crippen LogP contribution in [-0.2, 0) is 9.59 Å². The average molecular weight is 330 g/mol. The highest BCUT2D eigenvalue weighted by Gasteiger charge is 2.32. The van der Waals surface area contributed by atoms with Crippen molar-refractivity contribution in [2.75, 3.05) is 26.2 Å². The van der Waals surface area contributed by atoms with Crippen molar-refractivity contribution in [1.82, 2.24) is 15.5 Å². The Kier molecular flexibility index (Phi) is 6.50. The minimum atomic E-state index is -0.0213. The molecule has 0 bridgehead atoms. The summed E-state index contributed by atoms with van der Waals surface area (Å²) >= 11 is 0. The average Bonchev–Trinajstić information content (AvgIpc) is 3.37. The Bertz CT molecular complexity index is 395. The van der Waals surface area contributed by atoms with Crippen LogP contribution in [0.25, 0.3) is 0 Å². The van der Waals surface area contributed by atoms with Gasteiger partial charge in [0.05, 0.1) is 12.0 Å². The fourth-order valence-electron chi connectivity index (χ4n) is 3.39. The summed E-state index contributed by atoms with van der Waals surface area (Å²) in [4.78, 5) is 26.6. The first-order chi connectivity index (χ1) is 10.2. The van der Waals surface area contributed by atoms with Crippen LogP contribution in [0.5, 0.6) is 0 Å². The molecule has 3 fully saturated rings. The third-order valence-electron chi connectivity index (χ3n) is 4.97. The van der Waals surface area contributed by atoms with Crippen molar-refractivity contribution < 1.29 is 9.59 Å². The number of halogens is 1. The molecule has 3 rings (SSSR count). The predicted octanol–water partition coefficient (Wildman–Crippen LogP) is 1.32. The number of amides is 2. The van der Waals surface area contributed by atoms with Crippen molar-refractivity contribution in [3.63, 3.8) is 0 Å². The zero-order chi connectivity index (χ0) is 14.7. The first-order valence-electron chi connectivity index (χ1n) is 8.54. The van der Waals surface area contributed by atoms with Crippen LogP contribution in [0.4, 0.5) is 0 Å². The van der Waals surface area contributed by atoms with Crippen molar-refractivity contribution in [2.24, 2.45) is 11.8 Å². The van der Waals surface area contributed by atoms with Crippen molar-refractivity contribution in [3.8, 4) is 0 Å². The van der Waals surface area contributed by atoms with Crippen molar-refractivity contribution in [1.29, 1.82) is 0 Å². The fraction of sp³-hybridized carbons (Fsp3) is 0.875. The molecule has 2 heterocycles. The van der Waals surface area contributed by atoms with Gasteiger partial charge in [0.15, 0.2) is 0 Å². The van der Waals surface area contributed by atoms with E-state index in [1.165, 1.54) is 12.8 Å². The Labute approximate surface area is 139 Å². The van der Waals surface area contributed by atoms with Gasteiger partial charge in [-0.15, -0.1) is 12.4 Å². The topological polar surface area (TPSA) is 61.4 Å². The number of nitrogens with zero attached hydrogens (tertiary/aromatic N) is 1. The summed E-state index contributed by atoms with van der Waals surface area (Å²) in [6.07, 6.45) is 7.59. The van der Waals surface area contributed by atoms with Crippen LogP contribution < -0.4 is 10.6 Å². The molecule has 2 saturated heterocycles. The molecule has 0 aromatic heterocycles. The molecule has 2 aliphatic heterocycles. The van der Waals surface area contributed by atoms with E-state index in [2.05, 4.69) is 10.6 Å². The smallest absolute Gasteiger partial charge is 0.239 e. The van der Waals surface area contributed by atoms with E-state index in [4.69, 9.17) is 0 Å². The SMILES string of the molecule is Cl.O=C(NCC1CC1)C1CCCN(C(=O)C2CCCCN2)C1. The van der Waals surface area contributed by atoms with Crippen LogP contribution in [0.2, 0.25) is 0 Å². The standard InChI is InChI=1S/C16H27N3O2.ClH/c20-15(18-10-12-6-7-12)13-4-3-9-19(11-13)16(21)14-5-1-2-8-17-14;/h12-14,17H,1-11H2,(H,18,20);1H. The molecule has 1 saturated carbocycles. The zero-order valence-electron chi connectivity index (χ0n) is 13.2. The number of piperidine rings is 2. The lowest BCUT2D eigenvalue weighted by Gasteiger charge is -2.35. The summed E-state index contributed by atoms with van der Waals surface area (Å²) in [6.45, 7) is 3.18. The lowest BCUT2D eigenvalue weighted by Crippen LogP contribution is -2.53. The third-order valence-corrected chi connectivity index (χ3v) is 4.97. The maximum Gasteiger partial charge on any atom is 0.239 e. The van der Waals surface area contributed by atoms with E-state index in [9.17, 15) is 9.59 Å². The molecule has 2 unspecified atom stereocenters. The highest BCUT2D eigenvalue weighted by molar-refractivity contribution is 5.85. The molecule has 126 valence electrons. The molecule has 5 nitrogen and oxygen atoms in total. The van der Waals surface area contributed by atoms with Gasteiger partial charge in [-0.1, -0.05) is 6.42 Å². The van der Waals surface area contributed by atoms with Crippen LogP contribution in [0.1, 0.15) is 44.9 Å². The van der Waals surface area contributed by atoms with Gasteiger partial charge >= 0.3 is 0 Å². The normalized spacial score (nSPS) is 28.6. The zero-order valence-corrected chi connectivity index (χ0v) is 14.0. The van der Waals surface area contributed by atoms with Crippen LogP contribution in [0, 0.1) is 11.8 Å². The summed E-state index contributed by atoms with van der Waals surface area (Å²) in [5.41, 5.74) is 0. The Morgan fingerprint density at radius 2 is 1.91 bits per heavy atom. The number of carbonyl (C=O) groups excluding carboxylic acids is 2. The monoisotopic (exact) mass is 329 g/mol. The summed E-state index contributed by atoms with van der Waals surface area (Å²) < 4.78 is 0. The molecular formula is C16H28ClN3O2. The number of nitrogens with one attached hydrogen (secondary N) is 2. The Balaban J connectivity index is 0.00000176. The van der Waals surface area contributed by atoms with Gasteiger partial charge in [0.2, 0.25) is 11.8 Å². The van der Waals surface area contributed by atoms with Crippen LogP contribution in [-0.4, -0.2) is 48.9 Å². The van der Waals surface area contributed by atoms with Gasteiger partial charge in [-0.25, -0.2) is 0 Å². The van der Waals surface area contributed by atoms with Gasteiger partial charge in [-0.05, 0) is 51.0 Å². The second-order valence-corrected chi connectivity index (χ2v) is 6.81. The molecule has 3 aliphatic rings. The summed E-state index contributed by atoms with van der Waals surface area (Å²) in [5, 5.41) is 6.38. The lowest BCUT2D eigenvalue weighted by molar-refractivity contribution is -0.138. The summed E-state index contributed by atoms with van der Waals surface area (Å²) in [5.74, 6) is 1.05. The largest absolute Gasteiger partial charge is 0.356 e. The molecule has 0 aromatic rings. The van der Waals surface area contributed by atoms with Crippen molar-refractivity contribution >= 4 is 24.2 Å². The molecule has 2 atom stereocenters. The van der Waals surface area contributed by atoms with E-state index in [0.717, 1.165) is 51.7 Å². The lowest BCUT2D eigenvalue weighted by atomic mass is 9.95. The minimum Gasteiger partial charge on any atom is -0.356 e. The number of likely N-dealkylation sites (tertiary alicyclic amines) is 1. The van der Waals surface area contributed by atoms with Gasteiger partial charge in [0.25, 0.3) is 0 Å². The molecular weight excluding hydrogens is 302 g/mol. The number of carbonyl (C=O) groups is 2. The van der Waals surface area contributed by atoms with E-state index in [-0.39, 0.29) is 36.2 Å². The van der Waals surface area contributed by atoms with Crippen molar-refractivity contribution in [2.45, 2.75) is 51.0 Å². The number of rotatable bonds is 4. The molecule has 22 heavy (non-hydrogen) atoms. The van der Waals surface area contributed by atoms with Gasteiger partial charge < -0.3 is 15.5 Å². The number of hydrogen-bond acceptors (Lipinski definition) is 3. The molecule has 2 N–H and O–H groups in total. The second-order valence-electron chi connectivity index (χ2n) is 6.81. The molecule has 1 aliphatic carbocycles. The molecule has 0 aromatic carbocycles. The first-order valence-corrected chi connectivity index (χ1v) is 8.54. The summed E-state index contributed by atoms with van der Waals surface area (Å²) in [7, 11) is 0. The van der Waals surface area contributed by atoms with Crippen LogP contribution in [0.15, 0.2) is 0 Å². The van der Waals surface area contributed by atoms with Crippen LogP contribution in [0.3, 0.4) is 0 Å². The molecule has 0 radical (unpaired) electrons. The fourth-order valence-corrected chi connectivity index (χ4v) is 3.39. The van der Waals surface area contributed by atoms with E-state index >= 15 is 0 Å². The van der Waals surface area contributed by atoms with E-state index in [0.29, 0.717) is 12.5 Å². The van der Waals surface area contributed by atoms with Gasteiger partial charge in [0.1, 0.15) is 0 Å². The summed E-state index contributed by atoms with van der Waals surface area (Å²) in [6, 6.07) is -0.0213. The Hall–Kier alpha value is -0.810. The van der Waals surface area contributed by atoms with Gasteiger partial charge in [-0.2, -0.15) is 0 Å². The first kappa shape index (κ1) is 17.5. The maximum atomic E-state index is 12.5. The van der Waals surface area contributed by atoms with Gasteiger partial charge in [0, 0.05) is 19.6 Å². The maximum absolute atomic E-state index is 12.5. The van der Waals surface area contributed by atoms with Gasteiger partial charge in [-0.3, -0.25) is 9.59 Å². The van der Waals surface area contributed by atoms with E-state index in [1.54, 1.807) is 0 Å². The minimum absolute atomic E-state index is 0. The highest BCUT2D eigenvalue weighted by Crippen LogP contribution is 2.28. The molecule has 2 amide bonds. The van der Waals surface area contributed by atoms with E-state index < -0.39 is 0 Å². The quantitative estimate of drug-likeness (QED) is 0.817. The number of hydrogen-bond donors (Lipinski definition) is 2. The van der Waals surface area contributed by atoms with Crippen molar-refractivity contribution in [3.05, 3.63) is 0 Å².